The van der Waals surface area contributed by atoms with Crippen molar-refractivity contribution in [3.63, 3.8) is 0 Å². The average Bonchev–Trinajstić information content (AvgIpc) is 3.02. The number of anilines is 1. The standard InChI is InChI=1S/C34H35Cl2N3O4S/c1-2-3-19-37-34(41)32(20-26-13-7-4-8-14-26)38(24-27-15-9-5-10-16-27)33(40)25-39(30-22-28(35)21-29(36)23-30)44(42,43)31-17-11-6-12-18-31/h4-18,21-23,32H,2-3,19-20,24-25H2,1H3,(H,37,41)/t32-/m1/s1. The number of hydrogen-bond donors (Lipinski definition) is 1. The van der Waals surface area contributed by atoms with Crippen LogP contribution in [0.25, 0.3) is 0 Å². The molecule has 0 saturated carbocycles. The van der Waals surface area contributed by atoms with Gasteiger partial charge < -0.3 is 10.2 Å². The SMILES string of the molecule is CCCCNC(=O)[C@@H](Cc1ccccc1)N(Cc1ccccc1)C(=O)CN(c1cc(Cl)cc(Cl)c1)S(=O)(=O)c1ccccc1. The number of benzene rings is 4. The highest BCUT2D eigenvalue weighted by Gasteiger charge is 2.34. The van der Waals surface area contributed by atoms with Gasteiger partial charge in [-0.2, -0.15) is 0 Å². The molecule has 4 aromatic carbocycles. The molecular weight excluding hydrogens is 617 g/mol. The van der Waals surface area contributed by atoms with Gasteiger partial charge in [0.25, 0.3) is 10.0 Å². The predicted molar refractivity (Wildman–Crippen MR) is 176 cm³/mol. The molecule has 0 aliphatic rings. The van der Waals surface area contributed by atoms with E-state index in [1.807, 2.05) is 67.6 Å². The fraction of sp³-hybridized carbons (Fsp3) is 0.235. The van der Waals surface area contributed by atoms with Crippen LogP contribution < -0.4 is 9.62 Å². The number of halogens is 2. The van der Waals surface area contributed by atoms with Crippen LogP contribution in [-0.2, 0) is 32.6 Å². The van der Waals surface area contributed by atoms with Crippen molar-refractivity contribution in [2.75, 3.05) is 17.4 Å². The zero-order chi connectivity index (χ0) is 31.5. The first-order chi connectivity index (χ1) is 21.2. The molecule has 0 fully saturated rings. The fourth-order valence-corrected chi connectivity index (χ4v) is 6.71. The van der Waals surface area contributed by atoms with Gasteiger partial charge in [0.15, 0.2) is 0 Å². The predicted octanol–water partition coefficient (Wildman–Crippen LogP) is 6.75. The molecule has 0 saturated heterocycles. The van der Waals surface area contributed by atoms with Crippen molar-refractivity contribution in [1.29, 1.82) is 0 Å². The van der Waals surface area contributed by atoms with Crippen molar-refractivity contribution in [3.8, 4) is 0 Å². The molecule has 4 aromatic rings. The smallest absolute Gasteiger partial charge is 0.264 e. The van der Waals surface area contributed by atoms with Gasteiger partial charge in [0, 0.05) is 29.6 Å². The second kappa shape index (κ2) is 15.7. The number of nitrogens with zero attached hydrogens (tertiary/aromatic N) is 2. The van der Waals surface area contributed by atoms with Gasteiger partial charge >= 0.3 is 0 Å². The lowest BCUT2D eigenvalue weighted by molar-refractivity contribution is -0.140. The molecule has 0 bridgehead atoms. The molecule has 230 valence electrons. The van der Waals surface area contributed by atoms with E-state index in [-0.39, 0.29) is 39.5 Å². The summed E-state index contributed by atoms with van der Waals surface area (Å²) in [6.07, 6.45) is 1.92. The third-order valence-electron chi connectivity index (χ3n) is 7.04. The zero-order valence-electron chi connectivity index (χ0n) is 24.4. The molecule has 0 spiro atoms. The number of amides is 2. The van der Waals surface area contributed by atoms with Crippen molar-refractivity contribution >= 4 is 50.7 Å². The molecule has 4 rings (SSSR count). The molecule has 0 radical (unpaired) electrons. The monoisotopic (exact) mass is 651 g/mol. The number of sulfonamides is 1. The van der Waals surface area contributed by atoms with Gasteiger partial charge in [-0.3, -0.25) is 13.9 Å². The van der Waals surface area contributed by atoms with Crippen LogP contribution in [0.1, 0.15) is 30.9 Å². The highest BCUT2D eigenvalue weighted by molar-refractivity contribution is 7.92. The van der Waals surface area contributed by atoms with E-state index in [2.05, 4.69) is 5.32 Å². The van der Waals surface area contributed by atoms with E-state index < -0.39 is 28.5 Å². The Labute approximate surface area is 269 Å². The van der Waals surface area contributed by atoms with E-state index in [0.717, 1.165) is 28.3 Å². The van der Waals surface area contributed by atoms with E-state index >= 15 is 0 Å². The number of carbonyl (C=O) groups is 2. The number of unbranched alkanes of at least 4 members (excludes halogenated alkanes) is 1. The Kier molecular flexibility index (Phi) is 11.8. The van der Waals surface area contributed by atoms with E-state index in [1.165, 1.54) is 35.2 Å². The highest BCUT2D eigenvalue weighted by atomic mass is 35.5. The van der Waals surface area contributed by atoms with Gasteiger partial charge in [0.05, 0.1) is 10.6 Å². The Morgan fingerprint density at radius 1 is 0.795 bits per heavy atom. The van der Waals surface area contributed by atoms with Crippen molar-refractivity contribution in [1.82, 2.24) is 10.2 Å². The first-order valence-corrected chi connectivity index (χ1v) is 16.6. The molecule has 44 heavy (non-hydrogen) atoms. The van der Waals surface area contributed by atoms with Crippen LogP contribution in [-0.4, -0.2) is 44.3 Å². The minimum atomic E-state index is -4.24. The van der Waals surface area contributed by atoms with E-state index in [9.17, 15) is 18.0 Å². The summed E-state index contributed by atoms with van der Waals surface area (Å²) in [4.78, 5) is 29.6. The summed E-state index contributed by atoms with van der Waals surface area (Å²) in [6, 6.07) is 30.0. The number of hydrogen-bond acceptors (Lipinski definition) is 4. The molecular formula is C34H35Cl2N3O4S. The number of rotatable bonds is 14. The number of carbonyl (C=O) groups excluding carboxylic acids is 2. The second-order valence-electron chi connectivity index (χ2n) is 10.3. The lowest BCUT2D eigenvalue weighted by Gasteiger charge is -2.34. The summed E-state index contributed by atoms with van der Waals surface area (Å²) >= 11 is 12.6. The van der Waals surface area contributed by atoms with Crippen molar-refractivity contribution in [2.45, 2.75) is 43.7 Å². The van der Waals surface area contributed by atoms with Crippen LogP contribution >= 0.6 is 23.2 Å². The van der Waals surface area contributed by atoms with Crippen LogP contribution in [0.2, 0.25) is 10.0 Å². The summed E-state index contributed by atoms with van der Waals surface area (Å²) in [5.41, 5.74) is 1.79. The molecule has 7 nitrogen and oxygen atoms in total. The Morgan fingerprint density at radius 2 is 1.34 bits per heavy atom. The molecule has 10 heteroatoms. The maximum absolute atomic E-state index is 14.4. The van der Waals surface area contributed by atoms with E-state index in [0.29, 0.717) is 6.54 Å². The Balaban J connectivity index is 1.79. The van der Waals surface area contributed by atoms with Crippen LogP contribution in [0.3, 0.4) is 0 Å². The lowest BCUT2D eigenvalue weighted by atomic mass is 10.0. The summed E-state index contributed by atoms with van der Waals surface area (Å²) in [6.45, 7) is 1.99. The quantitative estimate of drug-likeness (QED) is 0.153. The average molecular weight is 653 g/mol. The van der Waals surface area contributed by atoms with Crippen LogP contribution in [0.5, 0.6) is 0 Å². The zero-order valence-corrected chi connectivity index (χ0v) is 26.7. The van der Waals surface area contributed by atoms with Gasteiger partial charge in [-0.05, 0) is 47.9 Å². The summed E-state index contributed by atoms with van der Waals surface area (Å²) in [5.74, 6) is -0.870. The first kappa shape index (κ1) is 33.1. The van der Waals surface area contributed by atoms with Crippen molar-refractivity contribution in [3.05, 3.63) is 130 Å². The van der Waals surface area contributed by atoms with Crippen molar-refractivity contribution < 1.29 is 18.0 Å². The molecule has 0 heterocycles. The maximum Gasteiger partial charge on any atom is 0.264 e. The fourth-order valence-electron chi connectivity index (χ4n) is 4.77. The summed E-state index contributed by atoms with van der Waals surface area (Å²) in [7, 11) is -4.24. The minimum Gasteiger partial charge on any atom is -0.354 e. The number of nitrogens with one attached hydrogen (secondary N) is 1. The minimum absolute atomic E-state index is 0.00310. The molecule has 1 atom stereocenters. The van der Waals surface area contributed by atoms with E-state index in [1.54, 1.807) is 18.2 Å². The maximum atomic E-state index is 14.4. The van der Waals surface area contributed by atoms with Gasteiger partial charge in [-0.15, -0.1) is 0 Å². The molecule has 2 amide bonds. The van der Waals surface area contributed by atoms with Gasteiger partial charge in [0.2, 0.25) is 11.8 Å². The highest BCUT2D eigenvalue weighted by Crippen LogP contribution is 2.30. The molecule has 0 unspecified atom stereocenters. The third-order valence-corrected chi connectivity index (χ3v) is 9.27. The Morgan fingerprint density at radius 3 is 1.91 bits per heavy atom. The van der Waals surface area contributed by atoms with Gasteiger partial charge in [-0.1, -0.05) is 115 Å². The molecule has 0 aliphatic heterocycles. The van der Waals surface area contributed by atoms with Crippen LogP contribution in [0.4, 0.5) is 5.69 Å². The summed E-state index contributed by atoms with van der Waals surface area (Å²) < 4.78 is 29.1. The molecule has 0 aromatic heterocycles. The molecule has 1 N–H and O–H groups in total. The second-order valence-corrected chi connectivity index (χ2v) is 13.0. The van der Waals surface area contributed by atoms with E-state index in [4.69, 9.17) is 23.2 Å². The van der Waals surface area contributed by atoms with Gasteiger partial charge in [0.1, 0.15) is 12.6 Å². The lowest BCUT2D eigenvalue weighted by Crippen LogP contribution is -2.53. The Bertz CT molecular complexity index is 1620. The van der Waals surface area contributed by atoms with Crippen molar-refractivity contribution in [2.24, 2.45) is 0 Å². The summed E-state index contributed by atoms with van der Waals surface area (Å²) in [5, 5.41) is 3.41. The van der Waals surface area contributed by atoms with Gasteiger partial charge in [-0.25, -0.2) is 8.42 Å². The topological polar surface area (TPSA) is 86.8 Å². The largest absolute Gasteiger partial charge is 0.354 e. The normalized spacial score (nSPS) is 11.9. The van der Waals surface area contributed by atoms with Crippen LogP contribution in [0, 0.1) is 0 Å². The van der Waals surface area contributed by atoms with Crippen LogP contribution in [0.15, 0.2) is 114 Å². The molecule has 0 aliphatic carbocycles. The third kappa shape index (κ3) is 8.85. The first-order valence-electron chi connectivity index (χ1n) is 14.4. The Hall–Kier alpha value is -3.85.